The molecule has 0 unspecified atom stereocenters. The Morgan fingerprint density at radius 3 is 2.25 bits per heavy atom. The van der Waals surface area contributed by atoms with Gasteiger partial charge in [0.1, 0.15) is 5.03 Å². The van der Waals surface area contributed by atoms with Crippen molar-refractivity contribution in [2.24, 2.45) is 0 Å². The summed E-state index contributed by atoms with van der Waals surface area (Å²) in [7, 11) is 0. The first-order valence-electron chi connectivity index (χ1n) is 3.32. The van der Waals surface area contributed by atoms with E-state index in [1.807, 2.05) is 30.3 Å². The molecule has 0 aliphatic rings. The Bertz CT molecular complexity index is 304. The van der Waals surface area contributed by atoms with Gasteiger partial charge >= 0.3 is 0 Å². The van der Waals surface area contributed by atoms with Gasteiger partial charge in [0, 0.05) is 0 Å². The van der Waals surface area contributed by atoms with Crippen molar-refractivity contribution in [3.63, 3.8) is 0 Å². The Kier molecular flexibility index (Phi) is 3.32. The summed E-state index contributed by atoms with van der Waals surface area (Å²) in [5, 5.41) is -0.608. The van der Waals surface area contributed by atoms with Crippen LogP contribution in [-0.2, 0) is 4.79 Å². The van der Waals surface area contributed by atoms with Gasteiger partial charge in [-0.15, -0.1) is 0 Å². The predicted octanol–water partition coefficient (Wildman–Crippen LogP) is 3.03. The highest BCUT2D eigenvalue weighted by Crippen LogP contribution is 2.12. The van der Waals surface area contributed by atoms with Gasteiger partial charge in [-0.05, 0) is 23.2 Å². The molecule has 0 aliphatic heterocycles. The molecule has 0 amide bonds. The second-order valence-corrected chi connectivity index (χ2v) is 2.93. The number of halogens is 2. The predicted molar refractivity (Wildman–Crippen MR) is 51.1 cm³/mol. The van der Waals surface area contributed by atoms with Crippen molar-refractivity contribution in [1.82, 2.24) is 0 Å². The molecule has 3 heteroatoms. The lowest BCUT2D eigenvalue weighted by atomic mass is 10.2. The zero-order chi connectivity index (χ0) is 8.97. The summed E-state index contributed by atoms with van der Waals surface area (Å²) in [5.74, 6) is 0. The molecule has 1 aromatic carbocycles. The fraction of sp³-hybridized carbons (Fsp3) is 0. The van der Waals surface area contributed by atoms with Gasteiger partial charge in [-0.1, -0.05) is 41.9 Å². The molecule has 0 spiro atoms. The highest BCUT2D eigenvalue weighted by atomic mass is 35.5. The third-order valence-corrected chi connectivity index (χ3v) is 1.86. The zero-order valence-electron chi connectivity index (χ0n) is 6.13. The van der Waals surface area contributed by atoms with Crippen LogP contribution < -0.4 is 0 Å². The van der Waals surface area contributed by atoms with Crippen LogP contribution in [0.3, 0.4) is 0 Å². The monoisotopic (exact) mass is 200 g/mol. The van der Waals surface area contributed by atoms with E-state index in [1.165, 1.54) is 6.08 Å². The number of allylic oxidation sites excluding steroid dienone is 1. The molecule has 0 fully saturated rings. The van der Waals surface area contributed by atoms with Crippen LogP contribution >= 0.6 is 23.2 Å². The van der Waals surface area contributed by atoms with E-state index in [-0.39, 0.29) is 5.03 Å². The third kappa shape index (κ3) is 2.68. The highest BCUT2D eigenvalue weighted by molar-refractivity contribution is 6.74. The van der Waals surface area contributed by atoms with Crippen molar-refractivity contribution in [2.45, 2.75) is 0 Å². The molecule has 0 saturated carbocycles. The average Bonchev–Trinajstić information content (AvgIpc) is 2.06. The summed E-state index contributed by atoms with van der Waals surface area (Å²) in [6.45, 7) is 0. The van der Waals surface area contributed by atoms with Gasteiger partial charge in [-0.25, -0.2) is 0 Å². The van der Waals surface area contributed by atoms with Crippen molar-refractivity contribution in [1.29, 1.82) is 0 Å². The van der Waals surface area contributed by atoms with E-state index in [4.69, 9.17) is 23.2 Å². The van der Waals surface area contributed by atoms with Crippen LogP contribution in [0.4, 0.5) is 0 Å². The summed E-state index contributed by atoms with van der Waals surface area (Å²) in [6.07, 6.45) is 1.52. The Labute approximate surface area is 80.6 Å². The minimum absolute atomic E-state index is 0.0304. The summed E-state index contributed by atoms with van der Waals surface area (Å²) >= 11 is 10.7. The maximum absolute atomic E-state index is 10.5. The summed E-state index contributed by atoms with van der Waals surface area (Å²) in [5.41, 5.74) is 0.858. The molecule has 0 atom stereocenters. The minimum Gasteiger partial charge on any atom is -0.275 e. The van der Waals surface area contributed by atoms with Gasteiger partial charge in [-0.3, -0.25) is 4.79 Å². The van der Waals surface area contributed by atoms with Gasteiger partial charge < -0.3 is 0 Å². The Morgan fingerprint density at radius 2 is 1.75 bits per heavy atom. The third-order valence-electron chi connectivity index (χ3n) is 1.28. The molecule has 0 radical (unpaired) electrons. The van der Waals surface area contributed by atoms with E-state index in [0.29, 0.717) is 0 Å². The largest absolute Gasteiger partial charge is 0.275 e. The van der Waals surface area contributed by atoms with Crippen LogP contribution in [0.1, 0.15) is 5.56 Å². The van der Waals surface area contributed by atoms with E-state index in [2.05, 4.69) is 0 Å². The maximum Gasteiger partial charge on any atom is 0.263 e. The molecule has 0 N–H and O–H groups in total. The van der Waals surface area contributed by atoms with Gasteiger partial charge in [0.25, 0.3) is 5.24 Å². The summed E-state index contributed by atoms with van der Waals surface area (Å²) in [6, 6.07) is 9.27. The van der Waals surface area contributed by atoms with Crippen molar-refractivity contribution in [3.8, 4) is 0 Å². The van der Waals surface area contributed by atoms with Gasteiger partial charge in [-0.2, -0.15) is 0 Å². The molecule has 1 aromatic rings. The maximum atomic E-state index is 10.5. The van der Waals surface area contributed by atoms with Crippen molar-refractivity contribution < 1.29 is 4.79 Å². The van der Waals surface area contributed by atoms with Crippen LogP contribution in [0.15, 0.2) is 35.4 Å². The van der Waals surface area contributed by atoms with Crippen molar-refractivity contribution in [2.75, 3.05) is 0 Å². The van der Waals surface area contributed by atoms with E-state index < -0.39 is 5.24 Å². The molecule has 0 bridgehead atoms. The van der Waals surface area contributed by atoms with E-state index in [0.717, 1.165) is 5.56 Å². The second kappa shape index (κ2) is 4.29. The Balaban J connectivity index is 2.89. The molecule has 12 heavy (non-hydrogen) atoms. The molecule has 1 nitrogen and oxygen atoms in total. The normalized spacial score (nSPS) is 11.3. The Morgan fingerprint density at radius 1 is 1.17 bits per heavy atom. The first-order valence-corrected chi connectivity index (χ1v) is 4.08. The first kappa shape index (κ1) is 9.30. The van der Waals surface area contributed by atoms with Crippen LogP contribution in [-0.4, -0.2) is 5.24 Å². The number of rotatable bonds is 2. The standard InChI is InChI=1S/C9H6Cl2O/c10-8(9(11)12)6-7-4-2-1-3-5-7/h1-6H. The quantitative estimate of drug-likeness (QED) is 0.530. The number of hydrogen-bond acceptors (Lipinski definition) is 1. The average molecular weight is 201 g/mol. The van der Waals surface area contributed by atoms with E-state index >= 15 is 0 Å². The molecule has 0 aromatic heterocycles. The van der Waals surface area contributed by atoms with Gasteiger partial charge in [0.2, 0.25) is 0 Å². The van der Waals surface area contributed by atoms with E-state index in [9.17, 15) is 4.79 Å². The Hall–Kier alpha value is -0.790. The fourth-order valence-electron chi connectivity index (χ4n) is 0.752. The lowest BCUT2D eigenvalue weighted by molar-refractivity contribution is -0.107. The summed E-state index contributed by atoms with van der Waals surface area (Å²) < 4.78 is 0. The molecule has 1 rings (SSSR count). The minimum atomic E-state index is -0.638. The first-order chi connectivity index (χ1) is 5.70. The molecular formula is C9H6Cl2O. The molecular weight excluding hydrogens is 195 g/mol. The second-order valence-electron chi connectivity index (χ2n) is 2.18. The van der Waals surface area contributed by atoms with Gasteiger partial charge in [0.05, 0.1) is 0 Å². The number of carbonyl (C=O) groups is 1. The molecule has 0 aliphatic carbocycles. The lowest BCUT2D eigenvalue weighted by Gasteiger charge is -1.91. The SMILES string of the molecule is O=C(Cl)C(Cl)=Cc1ccccc1. The fourth-order valence-corrected chi connectivity index (χ4v) is 0.933. The molecule has 0 heterocycles. The van der Waals surface area contributed by atoms with Crippen molar-refractivity contribution in [3.05, 3.63) is 40.9 Å². The van der Waals surface area contributed by atoms with Crippen LogP contribution in [0, 0.1) is 0 Å². The van der Waals surface area contributed by atoms with Crippen LogP contribution in [0.5, 0.6) is 0 Å². The number of hydrogen-bond donors (Lipinski definition) is 0. The number of carbonyl (C=O) groups excluding carboxylic acids is 1. The number of benzene rings is 1. The van der Waals surface area contributed by atoms with Crippen LogP contribution in [0.2, 0.25) is 0 Å². The highest BCUT2D eigenvalue weighted by Gasteiger charge is 2.00. The van der Waals surface area contributed by atoms with Crippen molar-refractivity contribution >= 4 is 34.5 Å². The summed E-state index contributed by atoms with van der Waals surface area (Å²) in [4.78, 5) is 10.5. The molecule has 62 valence electrons. The topological polar surface area (TPSA) is 17.1 Å². The zero-order valence-corrected chi connectivity index (χ0v) is 7.64. The van der Waals surface area contributed by atoms with Gasteiger partial charge in [0.15, 0.2) is 0 Å². The molecule has 0 saturated heterocycles. The van der Waals surface area contributed by atoms with Crippen LogP contribution in [0.25, 0.3) is 6.08 Å². The lowest BCUT2D eigenvalue weighted by Crippen LogP contribution is -1.83. The smallest absolute Gasteiger partial charge is 0.263 e. The van der Waals surface area contributed by atoms with E-state index in [1.54, 1.807) is 0 Å².